The van der Waals surface area contributed by atoms with E-state index < -0.39 is 0 Å². The van der Waals surface area contributed by atoms with Gasteiger partial charge in [-0.2, -0.15) is 4.68 Å². The maximum Gasteiger partial charge on any atom is 0.170 e. The number of benzene rings is 1. The van der Waals surface area contributed by atoms with Crippen LogP contribution in [0.25, 0.3) is 5.69 Å². The van der Waals surface area contributed by atoms with E-state index in [1.165, 1.54) is 24.0 Å². The number of unbranched alkanes of at least 4 members (excludes halogenated alkanes) is 1. The Morgan fingerprint density at radius 3 is 2.55 bits per heavy atom. The van der Waals surface area contributed by atoms with E-state index in [1.807, 2.05) is 4.68 Å². The number of para-hydroxylation sites is 1. The van der Waals surface area contributed by atoms with Crippen molar-refractivity contribution in [3.63, 3.8) is 0 Å². The van der Waals surface area contributed by atoms with E-state index >= 15 is 0 Å². The molecule has 108 valence electrons. The molecule has 0 radical (unpaired) electrons. The SMILES string of the molecule is CCCCN(C)Cc1nnnn1-c1c(C)cccc1C. The van der Waals surface area contributed by atoms with Gasteiger partial charge in [0, 0.05) is 0 Å². The molecule has 1 aromatic carbocycles. The van der Waals surface area contributed by atoms with Crippen LogP contribution < -0.4 is 0 Å². The Balaban J connectivity index is 2.25. The Bertz CT molecular complexity index is 541. The fraction of sp³-hybridized carbons (Fsp3) is 0.533. The number of aromatic nitrogens is 4. The van der Waals surface area contributed by atoms with Crippen LogP contribution in [0.5, 0.6) is 0 Å². The molecule has 20 heavy (non-hydrogen) atoms. The van der Waals surface area contributed by atoms with Gasteiger partial charge in [0.15, 0.2) is 5.82 Å². The smallest absolute Gasteiger partial charge is 0.170 e. The van der Waals surface area contributed by atoms with Gasteiger partial charge in [0.05, 0.1) is 12.2 Å². The third-order valence-electron chi connectivity index (χ3n) is 3.49. The minimum absolute atomic E-state index is 0.765. The summed E-state index contributed by atoms with van der Waals surface area (Å²) in [4.78, 5) is 2.26. The second kappa shape index (κ2) is 6.61. The van der Waals surface area contributed by atoms with Crippen molar-refractivity contribution in [2.45, 2.75) is 40.2 Å². The number of tetrazole rings is 1. The lowest BCUT2D eigenvalue weighted by Gasteiger charge is -2.16. The van der Waals surface area contributed by atoms with Gasteiger partial charge in [0.25, 0.3) is 0 Å². The third kappa shape index (κ3) is 3.22. The van der Waals surface area contributed by atoms with Gasteiger partial charge in [0.1, 0.15) is 0 Å². The number of aryl methyl sites for hydroxylation is 2. The Labute approximate surface area is 120 Å². The summed E-state index contributed by atoms with van der Waals surface area (Å²) < 4.78 is 1.87. The molecule has 0 saturated heterocycles. The number of rotatable bonds is 6. The second-order valence-corrected chi connectivity index (χ2v) is 5.34. The van der Waals surface area contributed by atoms with Crippen molar-refractivity contribution in [2.24, 2.45) is 0 Å². The van der Waals surface area contributed by atoms with Gasteiger partial charge in [0.2, 0.25) is 0 Å². The van der Waals surface area contributed by atoms with Crippen LogP contribution in [0.4, 0.5) is 0 Å². The molecule has 0 N–H and O–H groups in total. The highest BCUT2D eigenvalue weighted by Crippen LogP contribution is 2.18. The normalized spacial score (nSPS) is 11.2. The molecule has 0 amide bonds. The van der Waals surface area contributed by atoms with Gasteiger partial charge in [-0.3, -0.25) is 4.90 Å². The summed E-state index contributed by atoms with van der Waals surface area (Å²) in [7, 11) is 2.11. The molecular weight excluding hydrogens is 250 g/mol. The maximum atomic E-state index is 4.18. The molecule has 0 atom stereocenters. The third-order valence-corrected chi connectivity index (χ3v) is 3.49. The molecule has 0 aliphatic carbocycles. The van der Waals surface area contributed by atoms with Crippen LogP contribution in [0.15, 0.2) is 18.2 Å². The summed E-state index contributed by atoms with van der Waals surface area (Å²) in [6, 6.07) is 6.24. The average Bonchev–Trinajstić information content (AvgIpc) is 2.84. The minimum Gasteiger partial charge on any atom is -0.299 e. The summed E-state index contributed by atoms with van der Waals surface area (Å²) >= 11 is 0. The lowest BCUT2D eigenvalue weighted by Crippen LogP contribution is -2.22. The molecule has 1 heterocycles. The quantitative estimate of drug-likeness (QED) is 0.811. The summed E-state index contributed by atoms with van der Waals surface area (Å²) in [6.07, 6.45) is 2.40. The zero-order valence-corrected chi connectivity index (χ0v) is 12.8. The van der Waals surface area contributed by atoms with Crippen molar-refractivity contribution in [3.8, 4) is 5.69 Å². The lowest BCUT2D eigenvalue weighted by atomic mass is 10.1. The van der Waals surface area contributed by atoms with Crippen molar-refractivity contribution in [1.29, 1.82) is 0 Å². The Morgan fingerprint density at radius 1 is 1.20 bits per heavy atom. The van der Waals surface area contributed by atoms with Crippen LogP contribution in [0.3, 0.4) is 0 Å². The number of nitrogens with zero attached hydrogens (tertiary/aromatic N) is 5. The number of hydrogen-bond acceptors (Lipinski definition) is 4. The highest BCUT2D eigenvalue weighted by molar-refractivity contribution is 5.46. The van der Waals surface area contributed by atoms with Gasteiger partial charge in [-0.05, 0) is 55.4 Å². The molecule has 1 aromatic heterocycles. The predicted octanol–water partition coefficient (Wildman–Crippen LogP) is 2.51. The predicted molar refractivity (Wildman–Crippen MR) is 79.9 cm³/mol. The molecule has 0 spiro atoms. The van der Waals surface area contributed by atoms with Crippen molar-refractivity contribution in [3.05, 3.63) is 35.2 Å². The summed E-state index contributed by atoms with van der Waals surface area (Å²) in [6.45, 7) is 8.22. The standard InChI is InChI=1S/C15H23N5/c1-5-6-10-19(4)11-14-16-17-18-20(14)15-12(2)8-7-9-13(15)3/h7-9H,5-6,10-11H2,1-4H3. The fourth-order valence-corrected chi connectivity index (χ4v) is 2.37. The maximum absolute atomic E-state index is 4.18. The average molecular weight is 273 g/mol. The van der Waals surface area contributed by atoms with Crippen LogP contribution in [0, 0.1) is 13.8 Å². The van der Waals surface area contributed by atoms with Crippen LogP contribution >= 0.6 is 0 Å². The minimum atomic E-state index is 0.765. The lowest BCUT2D eigenvalue weighted by molar-refractivity contribution is 0.310. The van der Waals surface area contributed by atoms with Crippen molar-refractivity contribution in [2.75, 3.05) is 13.6 Å². The van der Waals surface area contributed by atoms with Crippen LogP contribution in [-0.2, 0) is 6.54 Å². The molecule has 2 aromatic rings. The zero-order chi connectivity index (χ0) is 14.5. The molecule has 0 fully saturated rings. The summed E-state index contributed by atoms with van der Waals surface area (Å²) in [5, 5.41) is 12.2. The highest BCUT2D eigenvalue weighted by atomic mass is 15.5. The molecule has 0 aliphatic rings. The van der Waals surface area contributed by atoms with Gasteiger partial charge < -0.3 is 0 Å². The molecular formula is C15H23N5. The first-order valence-corrected chi connectivity index (χ1v) is 7.16. The monoisotopic (exact) mass is 273 g/mol. The first-order valence-electron chi connectivity index (χ1n) is 7.16. The van der Waals surface area contributed by atoms with Crippen molar-refractivity contribution < 1.29 is 0 Å². The molecule has 0 unspecified atom stereocenters. The largest absolute Gasteiger partial charge is 0.299 e. The molecule has 2 rings (SSSR count). The molecule has 0 aliphatic heterocycles. The molecule has 5 nitrogen and oxygen atoms in total. The van der Waals surface area contributed by atoms with E-state index in [0.717, 1.165) is 24.6 Å². The first-order chi connectivity index (χ1) is 9.63. The van der Waals surface area contributed by atoms with E-state index in [0.29, 0.717) is 0 Å². The fourth-order valence-electron chi connectivity index (χ4n) is 2.37. The second-order valence-electron chi connectivity index (χ2n) is 5.34. The Kier molecular flexibility index (Phi) is 4.84. The van der Waals surface area contributed by atoms with E-state index in [1.54, 1.807) is 0 Å². The topological polar surface area (TPSA) is 46.8 Å². The zero-order valence-electron chi connectivity index (χ0n) is 12.8. The van der Waals surface area contributed by atoms with Gasteiger partial charge in [-0.25, -0.2) is 0 Å². The molecule has 5 heteroatoms. The van der Waals surface area contributed by atoms with Gasteiger partial charge in [-0.1, -0.05) is 31.5 Å². The first kappa shape index (κ1) is 14.7. The van der Waals surface area contributed by atoms with Gasteiger partial charge >= 0.3 is 0 Å². The molecule has 0 saturated carbocycles. The van der Waals surface area contributed by atoms with E-state index in [4.69, 9.17) is 0 Å². The summed E-state index contributed by atoms with van der Waals surface area (Å²) in [5.74, 6) is 0.890. The van der Waals surface area contributed by atoms with Gasteiger partial charge in [-0.15, -0.1) is 5.10 Å². The van der Waals surface area contributed by atoms with Crippen molar-refractivity contribution >= 4 is 0 Å². The highest BCUT2D eigenvalue weighted by Gasteiger charge is 2.13. The van der Waals surface area contributed by atoms with Crippen molar-refractivity contribution in [1.82, 2.24) is 25.1 Å². The Hall–Kier alpha value is -1.75. The summed E-state index contributed by atoms with van der Waals surface area (Å²) in [5.41, 5.74) is 3.47. The van der Waals surface area contributed by atoms with Crippen LogP contribution in [0.2, 0.25) is 0 Å². The number of hydrogen-bond donors (Lipinski definition) is 0. The van der Waals surface area contributed by atoms with E-state index in [2.05, 4.69) is 66.4 Å². The Morgan fingerprint density at radius 2 is 1.90 bits per heavy atom. The van der Waals surface area contributed by atoms with E-state index in [-0.39, 0.29) is 0 Å². The van der Waals surface area contributed by atoms with Crippen LogP contribution in [0.1, 0.15) is 36.7 Å². The van der Waals surface area contributed by atoms with E-state index in [9.17, 15) is 0 Å². The molecule has 0 bridgehead atoms. The van der Waals surface area contributed by atoms with Crippen LogP contribution in [-0.4, -0.2) is 38.7 Å².